The molecule has 0 aliphatic carbocycles. The number of pyridine rings is 1. The number of aryl methyl sites for hydroxylation is 1. The second-order valence-electron chi connectivity index (χ2n) is 5.54. The molecular weight excluding hydrogens is 347 g/mol. The molecule has 2 heterocycles. The normalized spacial score (nSPS) is 13.7. The van der Waals surface area contributed by atoms with Crippen LogP contribution in [0.4, 0.5) is 11.5 Å². The van der Waals surface area contributed by atoms with Gasteiger partial charge in [-0.1, -0.05) is 12.1 Å². The lowest BCUT2D eigenvalue weighted by Gasteiger charge is -2.35. The van der Waals surface area contributed by atoms with E-state index in [2.05, 4.69) is 9.88 Å². The van der Waals surface area contributed by atoms with Crippen LogP contribution in [0, 0.1) is 6.92 Å². The Bertz CT molecular complexity index is 674. The SMILES string of the molecule is Cc1ccc(N)cc1C(=O)N1CCN(c2ccccn2)CC1.Cl.Cl. The summed E-state index contributed by atoms with van der Waals surface area (Å²) in [5.74, 6) is 1.03. The van der Waals surface area contributed by atoms with E-state index >= 15 is 0 Å². The number of nitrogens with zero attached hydrogens (tertiary/aromatic N) is 3. The quantitative estimate of drug-likeness (QED) is 0.827. The van der Waals surface area contributed by atoms with E-state index in [9.17, 15) is 4.79 Å². The lowest BCUT2D eigenvalue weighted by molar-refractivity contribution is 0.0746. The first-order chi connectivity index (χ1) is 10.6. The van der Waals surface area contributed by atoms with Crippen molar-refractivity contribution in [2.75, 3.05) is 36.8 Å². The van der Waals surface area contributed by atoms with Gasteiger partial charge < -0.3 is 15.5 Å². The molecule has 0 saturated carbocycles. The van der Waals surface area contributed by atoms with E-state index in [4.69, 9.17) is 5.73 Å². The van der Waals surface area contributed by atoms with E-state index in [-0.39, 0.29) is 30.7 Å². The van der Waals surface area contributed by atoms with Gasteiger partial charge >= 0.3 is 0 Å². The van der Waals surface area contributed by atoms with Crippen molar-refractivity contribution in [1.29, 1.82) is 0 Å². The van der Waals surface area contributed by atoms with E-state index in [1.165, 1.54) is 0 Å². The number of carbonyl (C=O) groups excluding carboxylic acids is 1. The van der Waals surface area contributed by atoms with Gasteiger partial charge in [-0.15, -0.1) is 24.8 Å². The van der Waals surface area contributed by atoms with E-state index in [1.54, 1.807) is 12.3 Å². The van der Waals surface area contributed by atoms with Crippen LogP contribution in [0.15, 0.2) is 42.6 Å². The number of amides is 1. The van der Waals surface area contributed by atoms with Crippen molar-refractivity contribution >= 4 is 42.2 Å². The Labute approximate surface area is 154 Å². The molecule has 1 aliphatic heterocycles. The third-order valence-corrected chi connectivity index (χ3v) is 4.03. The van der Waals surface area contributed by atoms with E-state index in [1.807, 2.05) is 42.2 Å². The largest absolute Gasteiger partial charge is 0.399 e. The van der Waals surface area contributed by atoms with Crippen LogP contribution in [0.1, 0.15) is 15.9 Å². The first-order valence-electron chi connectivity index (χ1n) is 7.46. The van der Waals surface area contributed by atoms with Gasteiger partial charge in [0.05, 0.1) is 0 Å². The van der Waals surface area contributed by atoms with Crippen LogP contribution in [0.25, 0.3) is 0 Å². The second kappa shape index (κ2) is 8.76. The fourth-order valence-corrected chi connectivity index (χ4v) is 2.72. The summed E-state index contributed by atoms with van der Waals surface area (Å²) >= 11 is 0. The molecule has 130 valence electrons. The fraction of sp³-hybridized carbons (Fsp3) is 0.294. The number of nitrogens with two attached hydrogens (primary N) is 1. The van der Waals surface area contributed by atoms with Crippen LogP contribution in [0.2, 0.25) is 0 Å². The van der Waals surface area contributed by atoms with Gasteiger partial charge in [0.2, 0.25) is 0 Å². The monoisotopic (exact) mass is 368 g/mol. The Balaban J connectivity index is 0.00000144. The van der Waals surface area contributed by atoms with Crippen LogP contribution in [-0.2, 0) is 0 Å². The average Bonchev–Trinajstić information content (AvgIpc) is 2.57. The first kappa shape index (κ1) is 20.1. The van der Waals surface area contributed by atoms with Gasteiger partial charge in [-0.2, -0.15) is 0 Å². The molecule has 1 fully saturated rings. The first-order valence-corrected chi connectivity index (χ1v) is 7.46. The summed E-state index contributed by atoms with van der Waals surface area (Å²) in [5.41, 5.74) is 8.10. The number of benzene rings is 1. The van der Waals surface area contributed by atoms with Gasteiger partial charge in [0.15, 0.2) is 0 Å². The summed E-state index contributed by atoms with van der Waals surface area (Å²) < 4.78 is 0. The molecule has 1 amide bonds. The second-order valence-corrected chi connectivity index (χ2v) is 5.54. The number of halogens is 2. The zero-order chi connectivity index (χ0) is 15.5. The van der Waals surface area contributed by atoms with Crippen LogP contribution in [0.5, 0.6) is 0 Å². The van der Waals surface area contributed by atoms with Gasteiger partial charge in [-0.25, -0.2) is 4.98 Å². The maximum Gasteiger partial charge on any atom is 0.254 e. The van der Waals surface area contributed by atoms with Crippen molar-refractivity contribution < 1.29 is 4.79 Å². The van der Waals surface area contributed by atoms with Crippen molar-refractivity contribution in [2.45, 2.75) is 6.92 Å². The highest BCUT2D eigenvalue weighted by Crippen LogP contribution is 2.18. The number of piperazine rings is 1. The number of rotatable bonds is 2. The third kappa shape index (κ3) is 4.30. The molecule has 0 radical (unpaired) electrons. The lowest BCUT2D eigenvalue weighted by atomic mass is 10.1. The summed E-state index contributed by atoms with van der Waals surface area (Å²) in [6.45, 7) is 4.93. The molecule has 3 rings (SSSR count). The number of anilines is 2. The third-order valence-electron chi connectivity index (χ3n) is 4.03. The Morgan fingerprint density at radius 1 is 1.08 bits per heavy atom. The summed E-state index contributed by atoms with van der Waals surface area (Å²) in [4.78, 5) is 21.1. The van der Waals surface area contributed by atoms with Crippen molar-refractivity contribution in [3.05, 3.63) is 53.7 Å². The molecule has 5 nitrogen and oxygen atoms in total. The van der Waals surface area contributed by atoms with Gasteiger partial charge in [0.25, 0.3) is 5.91 Å². The Hall–Kier alpha value is -1.98. The number of hydrogen-bond acceptors (Lipinski definition) is 4. The molecular formula is C17H22Cl2N4O. The molecule has 7 heteroatoms. The summed E-state index contributed by atoms with van der Waals surface area (Å²) in [7, 11) is 0. The summed E-state index contributed by atoms with van der Waals surface area (Å²) in [6, 6.07) is 11.4. The van der Waals surface area contributed by atoms with Crippen molar-refractivity contribution in [2.24, 2.45) is 0 Å². The van der Waals surface area contributed by atoms with E-state index < -0.39 is 0 Å². The maximum absolute atomic E-state index is 12.7. The van der Waals surface area contributed by atoms with Gasteiger partial charge in [-0.05, 0) is 36.8 Å². The molecule has 1 aromatic heterocycles. The van der Waals surface area contributed by atoms with Crippen molar-refractivity contribution in [1.82, 2.24) is 9.88 Å². The molecule has 0 unspecified atom stereocenters. The molecule has 0 spiro atoms. The van der Waals surface area contributed by atoms with Crippen LogP contribution < -0.4 is 10.6 Å². The average molecular weight is 369 g/mol. The minimum Gasteiger partial charge on any atom is -0.399 e. The number of carbonyl (C=O) groups is 1. The molecule has 1 aromatic carbocycles. The highest BCUT2D eigenvalue weighted by Gasteiger charge is 2.23. The van der Waals surface area contributed by atoms with Gasteiger partial charge in [0, 0.05) is 43.6 Å². The number of hydrogen-bond donors (Lipinski definition) is 1. The molecule has 1 saturated heterocycles. The lowest BCUT2D eigenvalue weighted by Crippen LogP contribution is -2.49. The zero-order valence-electron chi connectivity index (χ0n) is 13.5. The van der Waals surface area contributed by atoms with Crippen LogP contribution in [0.3, 0.4) is 0 Å². The summed E-state index contributed by atoms with van der Waals surface area (Å²) in [5, 5.41) is 0. The molecule has 0 atom stereocenters. The fourth-order valence-electron chi connectivity index (χ4n) is 2.72. The van der Waals surface area contributed by atoms with Crippen LogP contribution in [-0.4, -0.2) is 42.0 Å². The van der Waals surface area contributed by atoms with E-state index in [0.717, 1.165) is 24.5 Å². The topological polar surface area (TPSA) is 62.5 Å². The predicted octanol–water partition coefficient (Wildman–Crippen LogP) is 2.78. The molecule has 1 aliphatic rings. The van der Waals surface area contributed by atoms with Crippen LogP contribution >= 0.6 is 24.8 Å². The molecule has 2 N–H and O–H groups in total. The zero-order valence-corrected chi connectivity index (χ0v) is 15.1. The maximum atomic E-state index is 12.7. The smallest absolute Gasteiger partial charge is 0.254 e. The highest BCUT2D eigenvalue weighted by molar-refractivity contribution is 5.96. The Morgan fingerprint density at radius 2 is 1.79 bits per heavy atom. The molecule has 24 heavy (non-hydrogen) atoms. The molecule has 2 aromatic rings. The highest BCUT2D eigenvalue weighted by atomic mass is 35.5. The summed E-state index contributed by atoms with van der Waals surface area (Å²) in [6.07, 6.45) is 1.79. The Morgan fingerprint density at radius 3 is 2.42 bits per heavy atom. The number of nitrogen functional groups attached to an aromatic ring is 1. The van der Waals surface area contributed by atoms with Gasteiger partial charge in [0.1, 0.15) is 5.82 Å². The Kier molecular flexibility index (Phi) is 7.32. The molecule has 0 bridgehead atoms. The standard InChI is InChI=1S/C17H20N4O.2ClH/c1-13-5-6-14(18)12-15(13)17(22)21-10-8-20(9-11-21)16-4-2-3-7-19-16;;/h2-7,12H,8-11,18H2,1H3;2*1H. The number of aromatic nitrogens is 1. The van der Waals surface area contributed by atoms with Crippen molar-refractivity contribution in [3.63, 3.8) is 0 Å². The minimum absolute atomic E-state index is 0. The van der Waals surface area contributed by atoms with Gasteiger partial charge in [-0.3, -0.25) is 4.79 Å². The minimum atomic E-state index is 0. The predicted molar refractivity (Wildman–Crippen MR) is 102 cm³/mol. The van der Waals surface area contributed by atoms with Crippen molar-refractivity contribution in [3.8, 4) is 0 Å². The van der Waals surface area contributed by atoms with E-state index in [0.29, 0.717) is 24.3 Å².